The SMILES string of the molecule is CCNCc1cc(Br)c(OCCS(C)(=O)=O)c(OC)c1. The summed E-state index contributed by atoms with van der Waals surface area (Å²) in [5.41, 5.74) is 1.06. The Morgan fingerprint density at radius 2 is 2.05 bits per heavy atom. The third kappa shape index (κ3) is 5.68. The highest BCUT2D eigenvalue weighted by molar-refractivity contribution is 9.10. The third-order valence-electron chi connectivity index (χ3n) is 2.57. The maximum absolute atomic E-state index is 11.1. The van der Waals surface area contributed by atoms with E-state index in [-0.39, 0.29) is 12.4 Å². The molecule has 0 saturated carbocycles. The lowest BCUT2D eigenvalue weighted by molar-refractivity contribution is 0.309. The molecule has 1 aromatic carbocycles. The van der Waals surface area contributed by atoms with Crippen molar-refractivity contribution in [3.63, 3.8) is 0 Å². The predicted octanol–water partition coefficient (Wildman–Crippen LogP) is 1.99. The topological polar surface area (TPSA) is 64.6 Å². The van der Waals surface area contributed by atoms with E-state index >= 15 is 0 Å². The summed E-state index contributed by atoms with van der Waals surface area (Å²) in [6.07, 6.45) is 1.18. The Balaban J connectivity index is 2.84. The number of methoxy groups -OCH3 is 1. The lowest BCUT2D eigenvalue weighted by Gasteiger charge is -2.14. The normalized spacial score (nSPS) is 11.4. The second kappa shape index (κ2) is 7.85. The monoisotopic (exact) mass is 365 g/mol. The molecule has 114 valence electrons. The largest absolute Gasteiger partial charge is 0.493 e. The van der Waals surface area contributed by atoms with Crippen LogP contribution in [-0.2, 0) is 16.4 Å². The molecular weight excluding hydrogens is 346 g/mol. The first-order chi connectivity index (χ1) is 9.37. The van der Waals surface area contributed by atoms with Gasteiger partial charge in [0.05, 0.1) is 17.3 Å². The summed E-state index contributed by atoms with van der Waals surface area (Å²) in [5.74, 6) is 1.08. The highest BCUT2D eigenvalue weighted by atomic mass is 79.9. The van der Waals surface area contributed by atoms with Gasteiger partial charge in [0.2, 0.25) is 0 Å². The zero-order valence-electron chi connectivity index (χ0n) is 11.9. The second-order valence-electron chi connectivity index (χ2n) is 4.37. The van der Waals surface area contributed by atoms with Gasteiger partial charge in [-0.3, -0.25) is 0 Å². The van der Waals surface area contributed by atoms with Crippen LogP contribution in [0.25, 0.3) is 0 Å². The summed E-state index contributed by atoms with van der Waals surface area (Å²) in [6, 6.07) is 3.81. The van der Waals surface area contributed by atoms with Crippen molar-refractivity contribution in [3.8, 4) is 11.5 Å². The minimum absolute atomic E-state index is 0.0261. The summed E-state index contributed by atoms with van der Waals surface area (Å²) in [6.45, 7) is 3.75. The quantitative estimate of drug-likeness (QED) is 0.762. The molecule has 0 atom stereocenters. The number of rotatable bonds is 8. The Labute approximate surface area is 128 Å². The third-order valence-corrected chi connectivity index (χ3v) is 4.07. The Morgan fingerprint density at radius 1 is 1.35 bits per heavy atom. The molecule has 0 fully saturated rings. The van der Waals surface area contributed by atoms with Gasteiger partial charge in [0, 0.05) is 12.8 Å². The Hall–Kier alpha value is -0.790. The molecule has 1 N–H and O–H groups in total. The van der Waals surface area contributed by atoms with Crippen LogP contribution in [0.5, 0.6) is 11.5 Å². The molecule has 0 aliphatic carbocycles. The molecule has 0 unspecified atom stereocenters. The first kappa shape index (κ1) is 17.3. The van der Waals surface area contributed by atoms with Crippen molar-refractivity contribution in [2.24, 2.45) is 0 Å². The van der Waals surface area contributed by atoms with Crippen LogP contribution in [0.1, 0.15) is 12.5 Å². The first-order valence-corrected chi connectivity index (χ1v) is 9.10. The average molecular weight is 366 g/mol. The number of hydrogen-bond acceptors (Lipinski definition) is 5. The Bertz CT molecular complexity index is 546. The van der Waals surface area contributed by atoms with E-state index in [4.69, 9.17) is 9.47 Å². The van der Waals surface area contributed by atoms with Gasteiger partial charge >= 0.3 is 0 Å². The van der Waals surface area contributed by atoms with Crippen molar-refractivity contribution in [2.75, 3.05) is 32.3 Å². The molecule has 0 heterocycles. The minimum Gasteiger partial charge on any atom is -0.493 e. The summed E-state index contributed by atoms with van der Waals surface area (Å²) in [4.78, 5) is 0. The molecule has 1 rings (SSSR count). The number of nitrogens with one attached hydrogen (secondary N) is 1. The van der Waals surface area contributed by atoms with Crippen LogP contribution in [0.4, 0.5) is 0 Å². The van der Waals surface area contributed by atoms with E-state index in [0.717, 1.165) is 23.1 Å². The van der Waals surface area contributed by atoms with E-state index in [1.54, 1.807) is 7.11 Å². The maximum Gasteiger partial charge on any atom is 0.175 e. The molecule has 7 heteroatoms. The van der Waals surface area contributed by atoms with E-state index in [1.807, 2.05) is 19.1 Å². The van der Waals surface area contributed by atoms with E-state index in [2.05, 4.69) is 21.2 Å². The van der Waals surface area contributed by atoms with E-state index in [1.165, 1.54) is 6.26 Å². The van der Waals surface area contributed by atoms with Crippen LogP contribution in [0.3, 0.4) is 0 Å². The number of ether oxygens (including phenoxy) is 2. The van der Waals surface area contributed by atoms with Gasteiger partial charge in [-0.05, 0) is 40.2 Å². The smallest absolute Gasteiger partial charge is 0.175 e. The van der Waals surface area contributed by atoms with Crippen LogP contribution in [0.15, 0.2) is 16.6 Å². The van der Waals surface area contributed by atoms with Crippen LogP contribution >= 0.6 is 15.9 Å². The maximum atomic E-state index is 11.1. The molecule has 0 bridgehead atoms. The summed E-state index contributed by atoms with van der Waals surface area (Å²) < 4.78 is 33.8. The van der Waals surface area contributed by atoms with Crippen LogP contribution in [-0.4, -0.2) is 40.7 Å². The Morgan fingerprint density at radius 3 is 2.60 bits per heavy atom. The Kier molecular flexibility index (Phi) is 6.78. The number of hydrogen-bond donors (Lipinski definition) is 1. The van der Waals surface area contributed by atoms with Crippen molar-refractivity contribution < 1.29 is 17.9 Å². The van der Waals surface area contributed by atoms with Crippen molar-refractivity contribution in [3.05, 3.63) is 22.2 Å². The predicted molar refractivity (Wildman–Crippen MR) is 83.3 cm³/mol. The lowest BCUT2D eigenvalue weighted by atomic mass is 10.2. The van der Waals surface area contributed by atoms with Gasteiger partial charge in [-0.1, -0.05) is 6.92 Å². The van der Waals surface area contributed by atoms with E-state index in [0.29, 0.717) is 11.5 Å². The first-order valence-electron chi connectivity index (χ1n) is 6.25. The highest BCUT2D eigenvalue weighted by Crippen LogP contribution is 2.36. The van der Waals surface area contributed by atoms with Gasteiger partial charge in [0.15, 0.2) is 21.3 Å². The van der Waals surface area contributed by atoms with Crippen molar-refractivity contribution >= 4 is 25.8 Å². The van der Waals surface area contributed by atoms with Crippen LogP contribution in [0.2, 0.25) is 0 Å². The van der Waals surface area contributed by atoms with Crippen LogP contribution in [0, 0.1) is 0 Å². The number of benzene rings is 1. The van der Waals surface area contributed by atoms with Gasteiger partial charge in [-0.2, -0.15) is 0 Å². The summed E-state index contributed by atoms with van der Waals surface area (Å²) >= 11 is 3.43. The molecule has 1 aromatic rings. The zero-order valence-corrected chi connectivity index (χ0v) is 14.3. The lowest BCUT2D eigenvalue weighted by Crippen LogP contribution is -2.14. The van der Waals surface area contributed by atoms with E-state index < -0.39 is 9.84 Å². The van der Waals surface area contributed by atoms with Gasteiger partial charge < -0.3 is 14.8 Å². The van der Waals surface area contributed by atoms with Crippen molar-refractivity contribution in [1.29, 1.82) is 0 Å². The second-order valence-corrected chi connectivity index (χ2v) is 7.48. The number of sulfone groups is 1. The molecule has 0 aliphatic rings. The zero-order chi connectivity index (χ0) is 15.2. The van der Waals surface area contributed by atoms with Gasteiger partial charge in [0.1, 0.15) is 6.61 Å². The van der Waals surface area contributed by atoms with Gasteiger partial charge in [-0.25, -0.2) is 8.42 Å². The molecule has 0 radical (unpaired) electrons. The van der Waals surface area contributed by atoms with Crippen molar-refractivity contribution in [1.82, 2.24) is 5.32 Å². The van der Waals surface area contributed by atoms with E-state index in [9.17, 15) is 8.42 Å². The molecule has 0 amide bonds. The molecular formula is C13H20BrNO4S. The molecule has 20 heavy (non-hydrogen) atoms. The molecule has 0 spiro atoms. The summed E-state index contributed by atoms with van der Waals surface area (Å²) in [7, 11) is -1.48. The summed E-state index contributed by atoms with van der Waals surface area (Å²) in [5, 5.41) is 3.23. The fourth-order valence-corrected chi connectivity index (χ4v) is 2.57. The highest BCUT2D eigenvalue weighted by Gasteiger charge is 2.12. The molecule has 0 aromatic heterocycles. The van der Waals surface area contributed by atoms with Crippen LogP contribution < -0.4 is 14.8 Å². The van der Waals surface area contributed by atoms with Gasteiger partial charge in [0.25, 0.3) is 0 Å². The molecule has 0 aliphatic heterocycles. The average Bonchev–Trinajstić information content (AvgIpc) is 2.36. The molecule has 0 saturated heterocycles. The van der Waals surface area contributed by atoms with Gasteiger partial charge in [-0.15, -0.1) is 0 Å². The van der Waals surface area contributed by atoms with Crippen molar-refractivity contribution in [2.45, 2.75) is 13.5 Å². The minimum atomic E-state index is -3.04. The number of halogens is 1. The fraction of sp³-hybridized carbons (Fsp3) is 0.538. The fourth-order valence-electron chi connectivity index (χ4n) is 1.58. The molecule has 5 nitrogen and oxygen atoms in total. The standard InChI is InChI=1S/C13H20BrNO4S/c1-4-15-9-10-7-11(14)13(12(8-10)18-2)19-5-6-20(3,16)17/h7-8,15H,4-6,9H2,1-3H3.